The number of aliphatic imine (C=N–C) groups is 1. The molecule has 1 saturated carbocycles. The van der Waals surface area contributed by atoms with Gasteiger partial charge in [0.05, 0.1) is 0 Å². The molecule has 6 heteroatoms. The van der Waals surface area contributed by atoms with Gasteiger partial charge in [0.25, 0.3) is 0 Å². The maximum absolute atomic E-state index is 4.84. The largest absolute Gasteiger partial charge is 0.366 e. The second kappa shape index (κ2) is 7.16. The van der Waals surface area contributed by atoms with E-state index in [1.165, 1.54) is 32.1 Å². The summed E-state index contributed by atoms with van der Waals surface area (Å²) < 4.78 is 0. The van der Waals surface area contributed by atoms with E-state index in [1.54, 1.807) is 0 Å². The normalized spacial score (nSPS) is 22.2. The average molecular weight is 336 g/mol. The van der Waals surface area contributed by atoms with Crippen molar-refractivity contribution in [3.8, 4) is 0 Å². The van der Waals surface area contributed by atoms with E-state index in [0.717, 1.165) is 36.1 Å². The topological polar surface area (TPSA) is 56.3 Å². The van der Waals surface area contributed by atoms with Crippen LogP contribution in [0.3, 0.4) is 0 Å². The zero-order chi connectivity index (χ0) is 16.4. The van der Waals surface area contributed by atoms with E-state index in [2.05, 4.69) is 36.0 Å². The van der Waals surface area contributed by atoms with Crippen LogP contribution >= 0.6 is 12.6 Å². The second-order valence-electron chi connectivity index (χ2n) is 6.97. The molecule has 1 atom stereocenters. The predicted octanol–water partition coefficient (Wildman–Crippen LogP) is 3.65. The van der Waals surface area contributed by atoms with Crippen LogP contribution in [0.25, 0.3) is 0 Å². The number of anilines is 1. The summed E-state index contributed by atoms with van der Waals surface area (Å²) in [5.74, 6) is 3.34. The molecule has 23 heavy (non-hydrogen) atoms. The van der Waals surface area contributed by atoms with Crippen LogP contribution in [0.4, 0.5) is 5.82 Å². The van der Waals surface area contributed by atoms with Crippen molar-refractivity contribution < 1.29 is 0 Å². The first-order valence-corrected chi connectivity index (χ1v) is 9.51. The predicted molar refractivity (Wildman–Crippen MR) is 99.6 cm³/mol. The van der Waals surface area contributed by atoms with Crippen molar-refractivity contribution in [1.29, 1.82) is 0 Å². The Morgan fingerprint density at radius 1 is 1.30 bits per heavy atom. The summed E-state index contributed by atoms with van der Waals surface area (Å²) in [6.07, 6.45) is 7.50. The minimum absolute atomic E-state index is 0.156. The highest BCUT2D eigenvalue weighted by Gasteiger charge is 2.31. The molecule has 0 spiro atoms. The Kier molecular flexibility index (Phi) is 5.19. The molecular weight excluding hydrogens is 306 g/mol. The quantitative estimate of drug-likeness (QED) is 0.736. The van der Waals surface area contributed by atoms with Crippen LogP contribution in [-0.4, -0.2) is 33.9 Å². The second-order valence-corrected chi connectivity index (χ2v) is 7.43. The summed E-state index contributed by atoms with van der Waals surface area (Å²) >= 11 is 4.70. The Bertz CT molecular complexity index is 559. The van der Waals surface area contributed by atoms with Crippen LogP contribution in [-0.2, 0) is 0 Å². The molecule has 1 aromatic heterocycles. The van der Waals surface area contributed by atoms with E-state index in [1.807, 2.05) is 0 Å². The number of nitrogens with one attached hydrogen (secondary N) is 2. The molecular formula is C17H29N5S. The maximum atomic E-state index is 4.84. The van der Waals surface area contributed by atoms with E-state index < -0.39 is 0 Å². The van der Waals surface area contributed by atoms with Gasteiger partial charge in [-0.25, -0.2) is 9.98 Å². The molecule has 1 aliphatic carbocycles. The number of amidine groups is 1. The molecule has 2 N–H and O–H groups in total. The zero-order valence-electron chi connectivity index (χ0n) is 14.5. The Labute approximate surface area is 144 Å². The third-order valence-electron chi connectivity index (χ3n) is 4.69. The molecule has 0 amide bonds. The highest BCUT2D eigenvalue weighted by Crippen LogP contribution is 2.30. The summed E-state index contributed by atoms with van der Waals surface area (Å²) in [6.45, 7) is 7.43. The number of aromatic nitrogens is 2. The molecule has 2 heterocycles. The van der Waals surface area contributed by atoms with Crippen molar-refractivity contribution in [2.75, 3.05) is 11.4 Å². The zero-order valence-corrected chi connectivity index (χ0v) is 15.4. The summed E-state index contributed by atoms with van der Waals surface area (Å²) in [4.78, 5) is 15.3. The van der Waals surface area contributed by atoms with E-state index in [0.29, 0.717) is 12.0 Å². The Hall–Kier alpha value is -1.17. The molecule has 1 unspecified atom stereocenters. The molecule has 5 nitrogen and oxygen atoms in total. The van der Waals surface area contributed by atoms with Gasteiger partial charge in [-0.15, -0.1) is 12.6 Å². The van der Waals surface area contributed by atoms with Crippen LogP contribution in [0.15, 0.2) is 4.99 Å². The van der Waals surface area contributed by atoms with Gasteiger partial charge in [0, 0.05) is 18.5 Å². The fraction of sp³-hybridized carbons (Fsp3) is 0.765. The molecule has 128 valence electrons. The van der Waals surface area contributed by atoms with Crippen molar-refractivity contribution in [2.24, 2.45) is 4.99 Å². The molecule has 0 aromatic carbocycles. The van der Waals surface area contributed by atoms with Crippen molar-refractivity contribution in [3.05, 3.63) is 11.5 Å². The van der Waals surface area contributed by atoms with Gasteiger partial charge in [-0.2, -0.15) is 0 Å². The van der Waals surface area contributed by atoms with Gasteiger partial charge >= 0.3 is 0 Å². The van der Waals surface area contributed by atoms with Crippen molar-refractivity contribution in [1.82, 2.24) is 15.3 Å². The fourth-order valence-corrected chi connectivity index (χ4v) is 3.74. The number of hydrogen-bond acceptors (Lipinski definition) is 5. The minimum Gasteiger partial charge on any atom is -0.366 e. The first kappa shape index (κ1) is 16.7. The van der Waals surface area contributed by atoms with Crippen molar-refractivity contribution in [2.45, 2.75) is 76.8 Å². The molecule has 3 rings (SSSR count). The van der Waals surface area contributed by atoms with E-state index >= 15 is 0 Å². The number of fused-ring (bicyclic) bond motifs is 1. The SMILES string of the molecule is CCCN1c2nc(C(C)C)[nH]c2C(NC2CCCCC2)=NC1S. The molecule has 1 fully saturated rings. The highest BCUT2D eigenvalue weighted by molar-refractivity contribution is 7.81. The molecule has 1 aliphatic heterocycles. The van der Waals surface area contributed by atoms with Gasteiger partial charge in [-0.1, -0.05) is 40.0 Å². The van der Waals surface area contributed by atoms with E-state index in [4.69, 9.17) is 22.6 Å². The third-order valence-corrected chi connectivity index (χ3v) is 5.09. The summed E-state index contributed by atoms with van der Waals surface area (Å²) in [7, 11) is 0. The smallest absolute Gasteiger partial charge is 0.169 e. The van der Waals surface area contributed by atoms with E-state index in [9.17, 15) is 0 Å². The summed E-state index contributed by atoms with van der Waals surface area (Å²) in [5.41, 5.74) is 0.884. The third kappa shape index (κ3) is 3.52. The van der Waals surface area contributed by atoms with Crippen LogP contribution in [0.5, 0.6) is 0 Å². The van der Waals surface area contributed by atoms with Crippen LogP contribution in [0, 0.1) is 0 Å². The van der Waals surface area contributed by atoms with Crippen LogP contribution < -0.4 is 10.2 Å². The van der Waals surface area contributed by atoms with Gasteiger partial charge in [-0.3, -0.25) is 0 Å². The van der Waals surface area contributed by atoms with Gasteiger partial charge in [-0.05, 0) is 19.3 Å². The summed E-state index contributed by atoms with van der Waals surface area (Å²) in [6, 6.07) is 0.527. The Morgan fingerprint density at radius 2 is 2.04 bits per heavy atom. The monoisotopic (exact) mass is 335 g/mol. The fourth-order valence-electron chi connectivity index (χ4n) is 3.40. The van der Waals surface area contributed by atoms with Gasteiger partial charge in [0.15, 0.2) is 17.2 Å². The number of H-pyrrole nitrogens is 1. The Morgan fingerprint density at radius 3 is 2.70 bits per heavy atom. The average Bonchev–Trinajstić information content (AvgIpc) is 2.98. The van der Waals surface area contributed by atoms with Gasteiger partial charge in [0.1, 0.15) is 11.5 Å². The van der Waals surface area contributed by atoms with Crippen LogP contribution in [0.1, 0.15) is 76.7 Å². The number of hydrogen-bond donors (Lipinski definition) is 3. The molecule has 0 saturated heterocycles. The molecule has 0 bridgehead atoms. The lowest BCUT2D eigenvalue weighted by atomic mass is 9.95. The molecule has 2 aliphatic rings. The van der Waals surface area contributed by atoms with Crippen molar-refractivity contribution >= 4 is 24.3 Å². The first-order valence-electron chi connectivity index (χ1n) is 8.99. The number of imidazole rings is 1. The van der Waals surface area contributed by atoms with Crippen LogP contribution in [0.2, 0.25) is 0 Å². The molecule has 0 radical (unpaired) electrons. The highest BCUT2D eigenvalue weighted by atomic mass is 32.1. The lowest BCUT2D eigenvalue weighted by Crippen LogP contribution is -2.43. The van der Waals surface area contributed by atoms with Gasteiger partial charge in [0.2, 0.25) is 0 Å². The number of thiol groups is 1. The maximum Gasteiger partial charge on any atom is 0.169 e. The Balaban J connectivity index is 1.89. The first-order chi connectivity index (χ1) is 11.1. The molecule has 1 aromatic rings. The lowest BCUT2D eigenvalue weighted by molar-refractivity contribution is 0.412. The number of nitrogens with zero attached hydrogens (tertiary/aromatic N) is 3. The minimum atomic E-state index is -0.156. The number of rotatable bonds is 4. The van der Waals surface area contributed by atoms with Gasteiger partial charge < -0.3 is 15.2 Å². The van der Waals surface area contributed by atoms with Crippen molar-refractivity contribution in [3.63, 3.8) is 0 Å². The summed E-state index contributed by atoms with van der Waals surface area (Å²) in [5, 5.41) is 3.66. The lowest BCUT2D eigenvalue weighted by Gasteiger charge is -2.33. The number of aromatic amines is 1. The standard InChI is InChI=1S/C17H29N5S/c1-4-10-22-16-13(19-14(20-16)11(2)3)15(21-17(22)23)18-12-8-6-5-7-9-12/h11-12,17,23H,4-10H2,1-3H3,(H,18,21)(H,19,20). The van der Waals surface area contributed by atoms with E-state index in [-0.39, 0.29) is 5.50 Å².